The Bertz CT molecular complexity index is 152. The summed E-state index contributed by atoms with van der Waals surface area (Å²) >= 11 is 0. The van der Waals surface area contributed by atoms with Crippen LogP contribution in [0.2, 0.25) is 0 Å². The number of carbonyl (C=O) groups excluding carboxylic acids is 1. The molecule has 0 aliphatic carbocycles. The van der Waals surface area contributed by atoms with Crippen LogP contribution in [-0.2, 0) is 4.79 Å². The van der Waals surface area contributed by atoms with E-state index in [0.29, 0.717) is 0 Å². The van der Waals surface area contributed by atoms with Gasteiger partial charge in [0, 0.05) is 5.57 Å². The predicted octanol–water partition coefficient (Wildman–Crippen LogP) is 2.10. The van der Waals surface area contributed by atoms with Gasteiger partial charge in [0.2, 0.25) is 0 Å². The topological polar surface area (TPSA) is 17.1 Å². The highest BCUT2D eigenvalue weighted by atomic mass is 16.1. The normalized spacial score (nSPS) is 12.6. The molecule has 0 atom stereocenters. The largest absolute Gasteiger partial charge is 0.295 e. The summed E-state index contributed by atoms with van der Waals surface area (Å²) in [7, 11) is 0. The fourth-order valence-corrected chi connectivity index (χ4v) is 0.596. The molecule has 0 bridgehead atoms. The summed E-state index contributed by atoms with van der Waals surface area (Å²) in [6.07, 6.45) is 5.47. The number of carbonyl (C=O) groups is 1. The molecule has 0 fully saturated rings. The zero-order valence-electron chi connectivity index (χ0n) is 6.14. The molecule has 0 amide bonds. The van der Waals surface area contributed by atoms with Crippen LogP contribution in [0.5, 0.6) is 0 Å². The average molecular weight is 124 g/mol. The summed E-state index contributed by atoms with van der Waals surface area (Å²) in [6, 6.07) is 0. The Morgan fingerprint density at radius 3 is 2.00 bits per heavy atom. The zero-order valence-corrected chi connectivity index (χ0v) is 6.14. The molecule has 0 aromatic heterocycles. The number of hydrogen-bond donors (Lipinski definition) is 0. The van der Waals surface area contributed by atoms with Crippen molar-refractivity contribution in [1.82, 2.24) is 0 Å². The molecule has 0 N–H and O–H groups in total. The molecule has 0 aromatic carbocycles. The van der Waals surface area contributed by atoms with Crippen LogP contribution < -0.4 is 0 Å². The van der Waals surface area contributed by atoms with E-state index in [9.17, 15) is 4.79 Å². The van der Waals surface area contributed by atoms with E-state index < -0.39 is 0 Å². The molecule has 0 aromatic rings. The van der Waals surface area contributed by atoms with Gasteiger partial charge in [0.15, 0.2) is 5.78 Å². The van der Waals surface area contributed by atoms with Crippen molar-refractivity contribution in [2.24, 2.45) is 0 Å². The fraction of sp³-hybridized carbons (Fsp3) is 0.375. The molecule has 0 saturated carbocycles. The smallest absolute Gasteiger partial charge is 0.159 e. The van der Waals surface area contributed by atoms with Crippen molar-refractivity contribution in [3.63, 3.8) is 0 Å². The summed E-state index contributed by atoms with van der Waals surface area (Å²) in [6.45, 7) is 5.32. The van der Waals surface area contributed by atoms with Gasteiger partial charge in [0.05, 0.1) is 0 Å². The first-order chi connectivity index (χ1) is 4.22. The second kappa shape index (κ2) is 4.07. The average Bonchev–Trinajstić information content (AvgIpc) is 1.82. The molecule has 0 radical (unpaired) electrons. The van der Waals surface area contributed by atoms with Crippen LogP contribution >= 0.6 is 0 Å². The second-order valence-corrected chi connectivity index (χ2v) is 1.80. The van der Waals surface area contributed by atoms with Crippen molar-refractivity contribution in [2.45, 2.75) is 20.8 Å². The van der Waals surface area contributed by atoms with Gasteiger partial charge in [-0.25, -0.2) is 0 Å². The summed E-state index contributed by atoms with van der Waals surface area (Å²) < 4.78 is 0. The van der Waals surface area contributed by atoms with E-state index in [0.717, 1.165) is 5.57 Å². The van der Waals surface area contributed by atoms with Crippen LogP contribution in [0.4, 0.5) is 0 Å². The van der Waals surface area contributed by atoms with E-state index in [1.54, 1.807) is 6.92 Å². The highest BCUT2D eigenvalue weighted by Gasteiger charge is 1.93. The van der Waals surface area contributed by atoms with Crippen LogP contribution in [0, 0.1) is 0 Å². The number of ketones is 1. The van der Waals surface area contributed by atoms with E-state index in [4.69, 9.17) is 0 Å². The van der Waals surface area contributed by atoms with Crippen LogP contribution in [0.15, 0.2) is 23.8 Å². The number of Topliss-reactive ketones (excluding diaryl/α,β-unsaturated/α-hetero) is 1. The van der Waals surface area contributed by atoms with Gasteiger partial charge in [0.25, 0.3) is 0 Å². The molecule has 50 valence electrons. The molecule has 0 aliphatic heterocycles. The minimum atomic E-state index is 0.121. The maximum absolute atomic E-state index is 10.6. The van der Waals surface area contributed by atoms with E-state index in [1.165, 1.54) is 0 Å². The lowest BCUT2D eigenvalue weighted by Crippen LogP contribution is -1.90. The highest BCUT2D eigenvalue weighted by Crippen LogP contribution is 1.96. The molecule has 0 aliphatic rings. The van der Waals surface area contributed by atoms with Crippen molar-refractivity contribution < 1.29 is 4.79 Å². The Morgan fingerprint density at radius 1 is 1.33 bits per heavy atom. The van der Waals surface area contributed by atoms with Gasteiger partial charge in [-0.2, -0.15) is 0 Å². The van der Waals surface area contributed by atoms with Crippen LogP contribution in [0.25, 0.3) is 0 Å². The molecule has 0 saturated heterocycles. The van der Waals surface area contributed by atoms with Gasteiger partial charge in [-0.05, 0) is 20.8 Å². The van der Waals surface area contributed by atoms with Gasteiger partial charge in [-0.15, -0.1) is 0 Å². The molecule has 1 heteroatoms. The van der Waals surface area contributed by atoms with Gasteiger partial charge in [0.1, 0.15) is 0 Å². The van der Waals surface area contributed by atoms with E-state index in [2.05, 4.69) is 0 Å². The third kappa shape index (κ3) is 2.85. The van der Waals surface area contributed by atoms with Gasteiger partial charge in [-0.3, -0.25) is 4.79 Å². The lowest BCUT2D eigenvalue weighted by molar-refractivity contribution is -0.113. The number of rotatable bonds is 2. The Kier molecular flexibility index (Phi) is 3.69. The lowest BCUT2D eigenvalue weighted by Gasteiger charge is -1.89. The minimum absolute atomic E-state index is 0.121. The molecule has 0 spiro atoms. The third-order valence-electron chi connectivity index (χ3n) is 1.06. The van der Waals surface area contributed by atoms with Crippen molar-refractivity contribution in [3.05, 3.63) is 23.8 Å². The molecular weight excluding hydrogens is 112 g/mol. The molecule has 0 heterocycles. The van der Waals surface area contributed by atoms with Gasteiger partial charge in [-0.1, -0.05) is 18.2 Å². The fourth-order valence-electron chi connectivity index (χ4n) is 0.596. The highest BCUT2D eigenvalue weighted by molar-refractivity contribution is 5.95. The Hall–Kier alpha value is -0.850. The SMILES string of the molecule is C/C=C\C(=C/C)C(C)=O. The first-order valence-electron chi connectivity index (χ1n) is 3.02. The monoisotopic (exact) mass is 124 g/mol. The van der Waals surface area contributed by atoms with E-state index in [-0.39, 0.29) is 5.78 Å². The summed E-state index contributed by atoms with van der Waals surface area (Å²) in [5, 5.41) is 0. The summed E-state index contributed by atoms with van der Waals surface area (Å²) in [5.41, 5.74) is 0.775. The Morgan fingerprint density at radius 2 is 1.89 bits per heavy atom. The Balaban J connectivity index is 4.19. The maximum Gasteiger partial charge on any atom is 0.159 e. The molecular formula is C8H12O. The second-order valence-electron chi connectivity index (χ2n) is 1.80. The number of allylic oxidation sites excluding steroid dienone is 4. The Labute approximate surface area is 56.1 Å². The first kappa shape index (κ1) is 8.15. The predicted molar refractivity (Wildman–Crippen MR) is 39.3 cm³/mol. The van der Waals surface area contributed by atoms with Crippen molar-refractivity contribution in [1.29, 1.82) is 0 Å². The molecule has 1 nitrogen and oxygen atoms in total. The quantitative estimate of drug-likeness (QED) is 0.407. The maximum atomic E-state index is 10.6. The lowest BCUT2D eigenvalue weighted by atomic mass is 10.2. The van der Waals surface area contributed by atoms with E-state index >= 15 is 0 Å². The molecule has 9 heavy (non-hydrogen) atoms. The van der Waals surface area contributed by atoms with Crippen molar-refractivity contribution >= 4 is 5.78 Å². The first-order valence-corrected chi connectivity index (χ1v) is 3.02. The molecule has 0 unspecified atom stereocenters. The zero-order chi connectivity index (χ0) is 7.28. The van der Waals surface area contributed by atoms with Gasteiger partial charge >= 0.3 is 0 Å². The van der Waals surface area contributed by atoms with Crippen molar-refractivity contribution in [3.8, 4) is 0 Å². The minimum Gasteiger partial charge on any atom is -0.295 e. The summed E-state index contributed by atoms with van der Waals surface area (Å²) in [5.74, 6) is 0.121. The van der Waals surface area contributed by atoms with Crippen LogP contribution in [0.3, 0.4) is 0 Å². The van der Waals surface area contributed by atoms with Crippen molar-refractivity contribution in [2.75, 3.05) is 0 Å². The van der Waals surface area contributed by atoms with Crippen LogP contribution in [0.1, 0.15) is 20.8 Å². The third-order valence-corrected chi connectivity index (χ3v) is 1.06. The molecule has 0 rings (SSSR count). The standard InChI is InChI=1S/C8H12O/c1-4-6-8(5-2)7(3)9/h4-6H,1-3H3/b6-4-,8-5+. The van der Waals surface area contributed by atoms with E-state index in [1.807, 2.05) is 32.1 Å². The van der Waals surface area contributed by atoms with Crippen LogP contribution in [-0.4, -0.2) is 5.78 Å². The summed E-state index contributed by atoms with van der Waals surface area (Å²) in [4.78, 5) is 10.6. The van der Waals surface area contributed by atoms with Gasteiger partial charge < -0.3 is 0 Å². The number of hydrogen-bond acceptors (Lipinski definition) is 1.